The van der Waals surface area contributed by atoms with Crippen LogP contribution in [-0.2, 0) is 11.3 Å². The predicted molar refractivity (Wildman–Crippen MR) is 97.7 cm³/mol. The van der Waals surface area contributed by atoms with Crippen LogP contribution < -0.4 is 15.4 Å². The SMILES string of the molecule is CN=C(NC)NCc1cccc(OCCN(C)C2CCOCC2)c1. The number of ether oxygens (including phenoxy) is 2. The van der Waals surface area contributed by atoms with Crippen LogP contribution >= 0.6 is 0 Å². The van der Waals surface area contributed by atoms with Crippen molar-refractivity contribution in [1.82, 2.24) is 15.5 Å². The fourth-order valence-electron chi connectivity index (χ4n) is 2.83. The molecule has 6 nitrogen and oxygen atoms in total. The lowest BCUT2D eigenvalue weighted by atomic mass is 10.1. The molecule has 0 amide bonds. The fraction of sp³-hybridized carbons (Fsp3) is 0.611. The molecule has 0 aromatic heterocycles. The van der Waals surface area contributed by atoms with Gasteiger partial charge in [0.2, 0.25) is 0 Å². The molecule has 134 valence electrons. The quantitative estimate of drug-likeness (QED) is 0.584. The van der Waals surface area contributed by atoms with Gasteiger partial charge in [0.1, 0.15) is 12.4 Å². The van der Waals surface area contributed by atoms with Gasteiger partial charge in [-0.3, -0.25) is 9.89 Å². The second-order valence-electron chi connectivity index (χ2n) is 6.00. The van der Waals surface area contributed by atoms with Crippen molar-refractivity contribution in [3.63, 3.8) is 0 Å². The van der Waals surface area contributed by atoms with E-state index in [2.05, 4.69) is 39.7 Å². The van der Waals surface area contributed by atoms with Crippen molar-refractivity contribution in [3.8, 4) is 5.75 Å². The van der Waals surface area contributed by atoms with Gasteiger partial charge in [0, 0.05) is 46.4 Å². The number of likely N-dealkylation sites (N-methyl/N-ethyl adjacent to an activating group) is 1. The van der Waals surface area contributed by atoms with Crippen LogP contribution in [0.2, 0.25) is 0 Å². The van der Waals surface area contributed by atoms with Crippen LogP contribution in [-0.4, -0.2) is 64.4 Å². The molecule has 1 heterocycles. The minimum Gasteiger partial charge on any atom is -0.492 e. The van der Waals surface area contributed by atoms with Crippen molar-refractivity contribution in [2.45, 2.75) is 25.4 Å². The summed E-state index contributed by atoms with van der Waals surface area (Å²) in [6.45, 7) is 4.09. The summed E-state index contributed by atoms with van der Waals surface area (Å²) in [7, 11) is 5.78. The lowest BCUT2D eigenvalue weighted by Crippen LogP contribution is -2.38. The first kappa shape index (κ1) is 18.5. The standard InChI is InChI=1S/C18H30N4O2/c1-19-18(20-2)21-14-15-5-4-6-17(13-15)24-12-9-22(3)16-7-10-23-11-8-16/h4-6,13,16H,7-12,14H2,1-3H3,(H2,19,20,21). The van der Waals surface area contributed by atoms with Crippen LogP contribution in [0.15, 0.2) is 29.3 Å². The third-order valence-electron chi connectivity index (χ3n) is 4.35. The van der Waals surface area contributed by atoms with Crippen LogP contribution in [0.25, 0.3) is 0 Å². The maximum absolute atomic E-state index is 5.92. The molecule has 24 heavy (non-hydrogen) atoms. The highest BCUT2D eigenvalue weighted by atomic mass is 16.5. The summed E-state index contributed by atoms with van der Waals surface area (Å²) in [6, 6.07) is 8.80. The van der Waals surface area contributed by atoms with Crippen molar-refractivity contribution in [2.75, 3.05) is 47.5 Å². The topological polar surface area (TPSA) is 58.1 Å². The Labute approximate surface area is 145 Å². The van der Waals surface area contributed by atoms with E-state index < -0.39 is 0 Å². The van der Waals surface area contributed by atoms with Gasteiger partial charge >= 0.3 is 0 Å². The summed E-state index contributed by atoms with van der Waals surface area (Å²) in [5, 5.41) is 6.25. The molecule has 1 aromatic rings. The molecule has 1 aromatic carbocycles. The largest absolute Gasteiger partial charge is 0.492 e. The van der Waals surface area contributed by atoms with Gasteiger partial charge in [-0.1, -0.05) is 12.1 Å². The smallest absolute Gasteiger partial charge is 0.190 e. The number of hydrogen-bond donors (Lipinski definition) is 2. The van der Waals surface area contributed by atoms with E-state index >= 15 is 0 Å². The average molecular weight is 334 g/mol. The molecule has 6 heteroatoms. The summed E-state index contributed by atoms with van der Waals surface area (Å²) >= 11 is 0. The average Bonchev–Trinajstić information content (AvgIpc) is 2.63. The third kappa shape index (κ3) is 6.02. The molecule has 2 N–H and O–H groups in total. The second-order valence-corrected chi connectivity index (χ2v) is 6.00. The first-order chi connectivity index (χ1) is 11.7. The van der Waals surface area contributed by atoms with Crippen molar-refractivity contribution >= 4 is 5.96 Å². The molecule has 0 spiro atoms. The maximum atomic E-state index is 5.92. The van der Waals surface area contributed by atoms with Gasteiger partial charge in [-0.2, -0.15) is 0 Å². The van der Waals surface area contributed by atoms with Crippen LogP contribution in [0.5, 0.6) is 5.75 Å². The summed E-state index contributed by atoms with van der Waals surface area (Å²) in [5.74, 6) is 1.69. The maximum Gasteiger partial charge on any atom is 0.190 e. The fourth-order valence-corrected chi connectivity index (χ4v) is 2.83. The minimum atomic E-state index is 0.617. The minimum absolute atomic E-state index is 0.617. The number of hydrogen-bond acceptors (Lipinski definition) is 4. The van der Waals surface area contributed by atoms with Crippen molar-refractivity contribution in [1.29, 1.82) is 0 Å². The molecule has 1 aliphatic rings. The van der Waals surface area contributed by atoms with Gasteiger partial charge in [0.05, 0.1) is 0 Å². The monoisotopic (exact) mass is 334 g/mol. The van der Waals surface area contributed by atoms with Gasteiger partial charge in [-0.25, -0.2) is 0 Å². The number of guanidine groups is 1. The molecular formula is C18H30N4O2. The highest BCUT2D eigenvalue weighted by molar-refractivity contribution is 5.79. The zero-order chi connectivity index (χ0) is 17.2. The molecule has 0 aliphatic carbocycles. The molecule has 0 unspecified atom stereocenters. The van der Waals surface area contributed by atoms with Crippen molar-refractivity contribution in [2.24, 2.45) is 4.99 Å². The van der Waals surface area contributed by atoms with Crippen LogP contribution in [0.4, 0.5) is 0 Å². The Morgan fingerprint density at radius 2 is 2.17 bits per heavy atom. The Hall–Kier alpha value is -1.79. The Morgan fingerprint density at radius 3 is 2.88 bits per heavy atom. The van der Waals surface area contributed by atoms with Gasteiger partial charge in [0.15, 0.2) is 5.96 Å². The van der Waals surface area contributed by atoms with Gasteiger partial charge in [-0.15, -0.1) is 0 Å². The molecule has 2 rings (SSSR count). The van der Waals surface area contributed by atoms with E-state index in [1.807, 2.05) is 19.2 Å². The highest BCUT2D eigenvalue weighted by Crippen LogP contribution is 2.15. The summed E-state index contributed by atoms with van der Waals surface area (Å²) in [4.78, 5) is 6.49. The first-order valence-electron chi connectivity index (χ1n) is 8.61. The number of nitrogens with zero attached hydrogens (tertiary/aromatic N) is 2. The number of rotatable bonds is 7. The van der Waals surface area contributed by atoms with Crippen molar-refractivity contribution in [3.05, 3.63) is 29.8 Å². The second kappa shape index (κ2) is 10.2. The summed E-state index contributed by atoms with van der Waals surface area (Å²) in [6.07, 6.45) is 2.23. The number of nitrogens with one attached hydrogen (secondary N) is 2. The van der Waals surface area contributed by atoms with Gasteiger partial charge in [0.25, 0.3) is 0 Å². The summed E-state index contributed by atoms with van der Waals surface area (Å²) in [5.41, 5.74) is 1.17. The van der Waals surface area contributed by atoms with Crippen LogP contribution in [0.3, 0.4) is 0 Å². The molecule has 0 saturated carbocycles. The predicted octanol–water partition coefficient (Wildman–Crippen LogP) is 1.47. The first-order valence-corrected chi connectivity index (χ1v) is 8.61. The van der Waals surface area contributed by atoms with E-state index in [0.717, 1.165) is 44.3 Å². The molecule has 0 bridgehead atoms. The Bertz CT molecular complexity index is 515. The molecule has 0 atom stereocenters. The van der Waals surface area contributed by atoms with E-state index in [-0.39, 0.29) is 0 Å². The Morgan fingerprint density at radius 1 is 1.38 bits per heavy atom. The molecular weight excluding hydrogens is 304 g/mol. The third-order valence-corrected chi connectivity index (χ3v) is 4.35. The van der Waals surface area contributed by atoms with Crippen LogP contribution in [0, 0.1) is 0 Å². The van der Waals surface area contributed by atoms with E-state index in [1.165, 1.54) is 5.56 Å². The zero-order valence-corrected chi connectivity index (χ0v) is 15.0. The van der Waals surface area contributed by atoms with E-state index in [9.17, 15) is 0 Å². The van der Waals surface area contributed by atoms with Crippen LogP contribution in [0.1, 0.15) is 18.4 Å². The zero-order valence-electron chi connectivity index (χ0n) is 15.0. The molecule has 1 fully saturated rings. The lowest BCUT2D eigenvalue weighted by molar-refractivity contribution is 0.0392. The lowest BCUT2D eigenvalue weighted by Gasteiger charge is -2.31. The number of aliphatic imine (C=N–C) groups is 1. The number of benzene rings is 1. The summed E-state index contributed by atoms with van der Waals surface area (Å²) < 4.78 is 11.3. The molecule has 1 saturated heterocycles. The van der Waals surface area contributed by atoms with Gasteiger partial charge in [-0.05, 0) is 37.6 Å². The molecule has 0 radical (unpaired) electrons. The van der Waals surface area contributed by atoms with E-state index in [0.29, 0.717) is 19.2 Å². The van der Waals surface area contributed by atoms with E-state index in [4.69, 9.17) is 9.47 Å². The highest BCUT2D eigenvalue weighted by Gasteiger charge is 2.17. The van der Waals surface area contributed by atoms with E-state index in [1.54, 1.807) is 7.05 Å². The Kier molecular flexibility index (Phi) is 7.85. The molecule has 1 aliphatic heterocycles. The Balaban J connectivity index is 1.75. The van der Waals surface area contributed by atoms with Gasteiger partial charge < -0.3 is 20.1 Å². The normalized spacial score (nSPS) is 16.2. The van der Waals surface area contributed by atoms with Crippen molar-refractivity contribution < 1.29 is 9.47 Å².